The number of nitrogens with zero attached hydrogens (tertiary/aromatic N) is 3. The van der Waals surface area contributed by atoms with Crippen molar-refractivity contribution in [2.24, 2.45) is 0 Å². The molecule has 0 aliphatic heterocycles. The molecule has 0 aliphatic carbocycles. The predicted octanol–water partition coefficient (Wildman–Crippen LogP) is -1.49. The van der Waals surface area contributed by atoms with Gasteiger partial charge in [-0.25, -0.2) is 0 Å². The summed E-state index contributed by atoms with van der Waals surface area (Å²) in [6.45, 7) is 2.59. The first-order valence-corrected chi connectivity index (χ1v) is 7.94. The number of benzene rings is 1. The number of aromatic nitrogens is 3. The Morgan fingerprint density at radius 2 is 2.17 bits per heavy atom. The number of carbonyl (C=O) groups excluding carboxylic acids is 1. The van der Waals surface area contributed by atoms with Gasteiger partial charge < -0.3 is 0 Å². The number of carbonyl (C=O) groups is 1. The molecule has 0 radical (unpaired) electrons. The van der Waals surface area contributed by atoms with E-state index in [1.807, 2.05) is 37.3 Å². The predicted molar refractivity (Wildman–Crippen MR) is 61.5 cm³/mol. The van der Waals surface area contributed by atoms with Gasteiger partial charge >= 0.3 is 116 Å². The van der Waals surface area contributed by atoms with Crippen LogP contribution in [0, 0.1) is 0 Å². The molecule has 1 aromatic carbocycles. The Morgan fingerprint density at radius 3 is 2.89 bits per heavy atom. The summed E-state index contributed by atoms with van der Waals surface area (Å²) in [6, 6.07) is 9.90. The Kier molecular flexibility index (Phi) is 4.68. The molecule has 1 aromatic heterocycles. The van der Waals surface area contributed by atoms with E-state index in [1.54, 1.807) is 11.0 Å². The summed E-state index contributed by atoms with van der Waals surface area (Å²) in [5, 5.41) is 4.11. The van der Waals surface area contributed by atoms with Gasteiger partial charge in [-0.3, -0.25) is 0 Å². The van der Waals surface area contributed by atoms with E-state index in [-0.39, 0.29) is 5.82 Å². The van der Waals surface area contributed by atoms with Crippen molar-refractivity contribution < 1.29 is 29.5 Å². The molecule has 96 valence electrons. The monoisotopic (exact) mass is 358 g/mol. The van der Waals surface area contributed by atoms with Crippen LogP contribution in [-0.4, -0.2) is 25.2 Å². The zero-order valence-electron chi connectivity index (χ0n) is 9.91. The van der Waals surface area contributed by atoms with Gasteiger partial charge in [-0.15, -0.1) is 0 Å². The molecular formula is C12H13IN3O2-. The van der Waals surface area contributed by atoms with Crippen LogP contribution in [0.25, 0.3) is 0 Å². The number of rotatable bonds is 5. The molecule has 2 aromatic rings. The molecule has 0 atom stereocenters. The van der Waals surface area contributed by atoms with Gasteiger partial charge in [-0.05, 0) is 0 Å². The summed E-state index contributed by atoms with van der Waals surface area (Å²) < 4.78 is 7.61. The second kappa shape index (κ2) is 6.48. The van der Waals surface area contributed by atoms with Crippen molar-refractivity contribution in [1.29, 1.82) is 0 Å². The molecule has 0 bridgehead atoms. The minimum absolute atomic E-state index is 0.138. The van der Waals surface area contributed by atoms with E-state index < -0.39 is 27.6 Å². The Bertz CT molecular complexity index is 513. The first kappa shape index (κ1) is 13.0. The van der Waals surface area contributed by atoms with Crippen molar-refractivity contribution in [3.8, 4) is 0 Å². The maximum atomic E-state index is 11.5. The first-order valence-electron chi connectivity index (χ1n) is 5.53. The summed E-state index contributed by atoms with van der Waals surface area (Å²) >= 11 is -0.517. The summed E-state index contributed by atoms with van der Waals surface area (Å²) in [6.07, 6.45) is 1.55. The molecule has 2 rings (SSSR count). The van der Waals surface area contributed by atoms with E-state index in [1.165, 1.54) is 0 Å². The van der Waals surface area contributed by atoms with Gasteiger partial charge in [-0.2, -0.15) is 0 Å². The topological polar surface area (TPSA) is 57.0 Å². The van der Waals surface area contributed by atoms with Crippen LogP contribution >= 0.6 is 0 Å². The number of alkyl halides is 1. The van der Waals surface area contributed by atoms with Crippen molar-refractivity contribution in [1.82, 2.24) is 14.8 Å². The fourth-order valence-corrected chi connectivity index (χ4v) is 2.16. The summed E-state index contributed by atoms with van der Waals surface area (Å²) in [5.41, 5.74) is 1.11. The zero-order chi connectivity index (χ0) is 12.8. The SMILES string of the molecule is CC[I-]OC(=O)c1ncn(Cc2ccccc2)n1. The fourth-order valence-electron chi connectivity index (χ4n) is 1.37. The van der Waals surface area contributed by atoms with E-state index in [4.69, 9.17) is 3.07 Å². The van der Waals surface area contributed by atoms with Crippen LogP contribution in [0.5, 0.6) is 0 Å². The van der Waals surface area contributed by atoms with Crippen LogP contribution in [0.15, 0.2) is 36.7 Å². The third kappa shape index (κ3) is 3.52. The molecule has 1 heterocycles. The standard InChI is InChI=1S/C12H13IN3O2/c1-2-13-18-12(17)11-14-9-16(15-11)8-10-6-4-3-5-7-10/h3-7,9H,2,8H2,1H3/q-1. The quantitative estimate of drug-likeness (QED) is 0.483. The van der Waals surface area contributed by atoms with Gasteiger partial charge in [0, 0.05) is 0 Å². The zero-order valence-corrected chi connectivity index (χ0v) is 12.1. The summed E-state index contributed by atoms with van der Waals surface area (Å²) in [5.74, 6) is -0.282. The molecule has 6 heteroatoms. The first-order chi connectivity index (χ1) is 8.79. The average molecular weight is 358 g/mol. The normalized spacial score (nSPS) is 10.5. The molecule has 5 nitrogen and oxygen atoms in total. The summed E-state index contributed by atoms with van der Waals surface area (Å²) in [4.78, 5) is 15.5. The van der Waals surface area contributed by atoms with Crippen molar-refractivity contribution >= 4 is 5.97 Å². The van der Waals surface area contributed by atoms with E-state index in [9.17, 15) is 4.79 Å². The molecule has 0 amide bonds. The van der Waals surface area contributed by atoms with E-state index >= 15 is 0 Å². The third-order valence-electron chi connectivity index (χ3n) is 2.14. The van der Waals surface area contributed by atoms with Gasteiger partial charge in [0.2, 0.25) is 0 Å². The van der Waals surface area contributed by atoms with Crippen molar-refractivity contribution in [2.75, 3.05) is 4.43 Å². The molecular weight excluding hydrogens is 345 g/mol. The van der Waals surface area contributed by atoms with Gasteiger partial charge in [0.1, 0.15) is 0 Å². The molecule has 0 aliphatic rings. The van der Waals surface area contributed by atoms with E-state index in [0.717, 1.165) is 9.99 Å². The molecule has 0 N–H and O–H groups in total. The molecule has 18 heavy (non-hydrogen) atoms. The van der Waals surface area contributed by atoms with Gasteiger partial charge in [0.05, 0.1) is 0 Å². The van der Waals surface area contributed by atoms with Crippen LogP contribution in [0.3, 0.4) is 0 Å². The number of halogens is 1. The molecule has 0 unspecified atom stereocenters. The van der Waals surface area contributed by atoms with Gasteiger partial charge in [0.25, 0.3) is 0 Å². The Hall–Kier alpha value is -1.44. The number of hydrogen-bond acceptors (Lipinski definition) is 4. The fraction of sp³-hybridized carbons (Fsp3) is 0.250. The summed E-state index contributed by atoms with van der Waals surface area (Å²) in [7, 11) is 0. The Balaban J connectivity index is 2.00. The number of hydrogen-bond donors (Lipinski definition) is 0. The molecule has 0 spiro atoms. The van der Waals surface area contributed by atoms with Crippen molar-refractivity contribution in [3.63, 3.8) is 0 Å². The second-order valence-electron chi connectivity index (χ2n) is 3.49. The van der Waals surface area contributed by atoms with E-state index in [0.29, 0.717) is 6.54 Å². The van der Waals surface area contributed by atoms with Gasteiger partial charge in [-0.1, -0.05) is 0 Å². The van der Waals surface area contributed by atoms with Crippen LogP contribution in [-0.2, 0) is 9.61 Å². The Morgan fingerprint density at radius 1 is 1.39 bits per heavy atom. The van der Waals surface area contributed by atoms with E-state index in [2.05, 4.69) is 10.1 Å². The molecule has 0 fully saturated rings. The third-order valence-corrected chi connectivity index (χ3v) is 3.47. The van der Waals surface area contributed by atoms with Crippen molar-refractivity contribution in [3.05, 3.63) is 48.0 Å². The van der Waals surface area contributed by atoms with Crippen LogP contribution < -0.4 is 21.6 Å². The Labute approximate surface area is 116 Å². The molecule has 0 saturated heterocycles. The van der Waals surface area contributed by atoms with Crippen molar-refractivity contribution in [2.45, 2.75) is 13.5 Å². The van der Waals surface area contributed by atoms with Crippen LogP contribution in [0.1, 0.15) is 23.1 Å². The minimum atomic E-state index is -0.517. The molecule has 0 saturated carbocycles. The van der Waals surface area contributed by atoms with Crippen LogP contribution in [0.4, 0.5) is 0 Å². The second-order valence-corrected chi connectivity index (χ2v) is 6.08. The van der Waals surface area contributed by atoms with Crippen LogP contribution in [0.2, 0.25) is 0 Å². The maximum absolute atomic E-state index is 11.5. The van der Waals surface area contributed by atoms with Gasteiger partial charge in [0.15, 0.2) is 0 Å². The average Bonchev–Trinajstić information content (AvgIpc) is 2.86.